The second kappa shape index (κ2) is 14.5. The number of nitrogens with one attached hydrogen (secondary N) is 1. The van der Waals surface area contributed by atoms with E-state index in [1.165, 1.54) is 28.4 Å². The zero-order valence-electron chi connectivity index (χ0n) is 23.0. The van der Waals surface area contributed by atoms with Crippen LogP contribution in [-0.4, -0.2) is 57.6 Å². The Kier molecular flexibility index (Phi) is 11.1. The van der Waals surface area contributed by atoms with Crippen LogP contribution in [0.1, 0.15) is 30.9 Å². The molecule has 10 heteroatoms. The summed E-state index contributed by atoms with van der Waals surface area (Å²) in [5.41, 5.74) is 1.94. The number of ether oxygens (including phenoxy) is 1. The molecule has 0 bridgehead atoms. The van der Waals surface area contributed by atoms with Gasteiger partial charge < -0.3 is 15.0 Å². The van der Waals surface area contributed by atoms with Gasteiger partial charge in [0.15, 0.2) is 0 Å². The lowest BCUT2D eigenvalue weighted by molar-refractivity contribution is -0.141. The first-order valence-electron chi connectivity index (χ1n) is 13.1. The Morgan fingerprint density at radius 1 is 0.950 bits per heavy atom. The number of sulfonamides is 1. The summed E-state index contributed by atoms with van der Waals surface area (Å²) in [4.78, 5) is 28.2. The van der Waals surface area contributed by atoms with Crippen molar-refractivity contribution >= 4 is 27.5 Å². The van der Waals surface area contributed by atoms with Gasteiger partial charge in [-0.2, -0.15) is 0 Å². The minimum Gasteiger partial charge on any atom is -0.492 e. The molecular formula is C30H36FN3O5S. The van der Waals surface area contributed by atoms with Crippen LogP contribution < -0.4 is 14.4 Å². The summed E-state index contributed by atoms with van der Waals surface area (Å²) in [6.07, 6.45) is 1.59. The highest BCUT2D eigenvalue weighted by atomic mass is 32.2. The Labute approximate surface area is 235 Å². The molecule has 0 aliphatic carbocycles. The minimum absolute atomic E-state index is 0.00764. The largest absolute Gasteiger partial charge is 0.492 e. The standard InChI is InChI=1S/C30H36FN3O5S/c1-4-39-28-14-9-8-13-26(28)34(40(3,37)38)20-10-15-29(35)33(22-24-16-18-25(31)19-17-24)27(30(36)32-2)21-23-11-6-5-7-12-23/h5-9,11-14,16-19,27H,4,10,15,20-22H2,1-3H3,(H,32,36)/t27-/m1/s1. The monoisotopic (exact) mass is 569 g/mol. The summed E-state index contributed by atoms with van der Waals surface area (Å²) < 4.78 is 45.8. The van der Waals surface area contributed by atoms with Gasteiger partial charge in [-0.3, -0.25) is 13.9 Å². The molecule has 0 heterocycles. The van der Waals surface area contributed by atoms with Crippen molar-refractivity contribution in [3.8, 4) is 5.75 Å². The maximum Gasteiger partial charge on any atom is 0.242 e. The van der Waals surface area contributed by atoms with Crippen LogP contribution >= 0.6 is 0 Å². The van der Waals surface area contributed by atoms with Crippen LogP contribution in [0.15, 0.2) is 78.9 Å². The Morgan fingerprint density at radius 2 is 1.60 bits per heavy atom. The Balaban J connectivity index is 1.85. The summed E-state index contributed by atoms with van der Waals surface area (Å²) >= 11 is 0. The van der Waals surface area contributed by atoms with E-state index in [2.05, 4.69) is 5.32 Å². The summed E-state index contributed by atoms with van der Waals surface area (Å²) in [5.74, 6) is -0.618. The number of hydrogen-bond donors (Lipinski definition) is 1. The first-order valence-corrected chi connectivity index (χ1v) is 15.0. The van der Waals surface area contributed by atoms with Gasteiger partial charge in [-0.05, 0) is 48.7 Å². The van der Waals surface area contributed by atoms with E-state index in [0.717, 1.165) is 11.8 Å². The predicted octanol–water partition coefficient (Wildman–Crippen LogP) is 4.16. The van der Waals surface area contributed by atoms with E-state index in [4.69, 9.17) is 4.74 Å². The number of amides is 2. The highest BCUT2D eigenvalue weighted by Gasteiger charge is 2.30. The summed E-state index contributed by atoms with van der Waals surface area (Å²) in [6, 6.07) is 21.2. The van der Waals surface area contributed by atoms with E-state index in [-0.39, 0.29) is 44.2 Å². The number of likely N-dealkylation sites (N-methyl/N-ethyl adjacent to an activating group) is 1. The van der Waals surface area contributed by atoms with Crippen molar-refractivity contribution in [2.75, 3.05) is 30.8 Å². The van der Waals surface area contributed by atoms with Gasteiger partial charge >= 0.3 is 0 Å². The highest BCUT2D eigenvalue weighted by molar-refractivity contribution is 7.92. The van der Waals surface area contributed by atoms with Gasteiger partial charge in [-0.15, -0.1) is 0 Å². The maximum atomic E-state index is 13.7. The van der Waals surface area contributed by atoms with Gasteiger partial charge in [0.25, 0.3) is 0 Å². The number of nitrogens with zero attached hydrogens (tertiary/aromatic N) is 2. The molecule has 214 valence electrons. The fourth-order valence-corrected chi connectivity index (χ4v) is 5.40. The number of rotatable bonds is 14. The Morgan fingerprint density at radius 3 is 2.23 bits per heavy atom. The lowest BCUT2D eigenvalue weighted by Gasteiger charge is -2.31. The molecule has 3 rings (SSSR count). The number of halogens is 1. The van der Waals surface area contributed by atoms with E-state index in [0.29, 0.717) is 23.6 Å². The van der Waals surface area contributed by atoms with Crippen molar-refractivity contribution in [2.24, 2.45) is 0 Å². The number of para-hydroxylation sites is 2. The van der Waals surface area contributed by atoms with Gasteiger partial charge in [0.2, 0.25) is 21.8 Å². The third kappa shape index (κ3) is 8.54. The fourth-order valence-electron chi connectivity index (χ4n) is 4.43. The Bertz CT molecular complexity index is 1370. The molecule has 0 spiro atoms. The molecule has 1 N–H and O–H groups in total. The van der Waals surface area contributed by atoms with Crippen molar-refractivity contribution in [3.63, 3.8) is 0 Å². The molecular weight excluding hydrogens is 533 g/mol. The van der Waals surface area contributed by atoms with E-state index >= 15 is 0 Å². The van der Waals surface area contributed by atoms with Crippen LogP contribution in [-0.2, 0) is 32.6 Å². The first-order chi connectivity index (χ1) is 19.1. The molecule has 0 fully saturated rings. The number of hydrogen-bond acceptors (Lipinski definition) is 5. The number of anilines is 1. The quantitative estimate of drug-likeness (QED) is 0.315. The van der Waals surface area contributed by atoms with Gasteiger partial charge in [0, 0.05) is 33.0 Å². The molecule has 3 aromatic carbocycles. The molecule has 3 aromatic rings. The van der Waals surface area contributed by atoms with E-state index in [1.807, 2.05) is 37.3 Å². The Hall–Kier alpha value is -3.92. The summed E-state index contributed by atoms with van der Waals surface area (Å²) in [7, 11) is -2.16. The van der Waals surface area contributed by atoms with Gasteiger partial charge in [0.05, 0.1) is 18.6 Å². The first kappa shape index (κ1) is 30.6. The van der Waals surface area contributed by atoms with Crippen molar-refractivity contribution in [3.05, 3.63) is 95.8 Å². The zero-order chi connectivity index (χ0) is 29.1. The number of carbonyl (C=O) groups excluding carboxylic acids is 2. The fraction of sp³-hybridized carbons (Fsp3) is 0.333. The number of benzene rings is 3. The van der Waals surface area contributed by atoms with Crippen molar-refractivity contribution in [1.82, 2.24) is 10.2 Å². The SMILES string of the molecule is CCOc1ccccc1N(CCCC(=O)N(Cc1ccc(F)cc1)[C@H](Cc1ccccc1)C(=O)NC)S(C)(=O)=O. The molecule has 0 aliphatic rings. The maximum absolute atomic E-state index is 13.7. The second-order valence-electron chi connectivity index (χ2n) is 9.31. The van der Waals surface area contributed by atoms with E-state index in [1.54, 1.807) is 36.4 Å². The lowest BCUT2D eigenvalue weighted by atomic mass is 10.0. The molecule has 40 heavy (non-hydrogen) atoms. The van der Waals surface area contributed by atoms with Crippen molar-refractivity contribution in [1.29, 1.82) is 0 Å². The lowest BCUT2D eigenvalue weighted by Crippen LogP contribution is -2.49. The normalized spacial score (nSPS) is 11.9. The molecule has 0 aliphatic heterocycles. The van der Waals surface area contributed by atoms with Crippen LogP contribution in [0.2, 0.25) is 0 Å². The van der Waals surface area contributed by atoms with Gasteiger partial charge in [-0.1, -0.05) is 54.6 Å². The molecule has 0 unspecified atom stereocenters. The zero-order valence-corrected chi connectivity index (χ0v) is 23.9. The molecule has 1 atom stereocenters. The van der Waals surface area contributed by atoms with Crippen molar-refractivity contribution in [2.45, 2.75) is 38.8 Å². The molecule has 0 aromatic heterocycles. The average molecular weight is 570 g/mol. The third-order valence-corrected chi connectivity index (χ3v) is 7.55. The van der Waals surface area contributed by atoms with Crippen LogP contribution in [0.5, 0.6) is 5.75 Å². The smallest absolute Gasteiger partial charge is 0.242 e. The van der Waals surface area contributed by atoms with Crippen LogP contribution in [0.4, 0.5) is 10.1 Å². The highest BCUT2D eigenvalue weighted by Crippen LogP contribution is 2.30. The van der Waals surface area contributed by atoms with E-state index in [9.17, 15) is 22.4 Å². The minimum atomic E-state index is -3.68. The van der Waals surface area contributed by atoms with Crippen LogP contribution in [0, 0.1) is 5.82 Å². The van der Waals surface area contributed by atoms with Crippen LogP contribution in [0.25, 0.3) is 0 Å². The van der Waals surface area contributed by atoms with E-state index < -0.39 is 21.9 Å². The summed E-state index contributed by atoms with van der Waals surface area (Å²) in [6.45, 7) is 2.32. The molecule has 0 saturated heterocycles. The second-order valence-corrected chi connectivity index (χ2v) is 11.2. The van der Waals surface area contributed by atoms with Crippen LogP contribution in [0.3, 0.4) is 0 Å². The topological polar surface area (TPSA) is 96.0 Å². The van der Waals surface area contributed by atoms with Crippen molar-refractivity contribution < 1.29 is 27.1 Å². The third-order valence-electron chi connectivity index (χ3n) is 6.37. The number of carbonyl (C=O) groups is 2. The molecule has 8 nitrogen and oxygen atoms in total. The molecule has 0 radical (unpaired) electrons. The van der Waals surface area contributed by atoms with Gasteiger partial charge in [0.1, 0.15) is 17.6 Å². The molecule has 2 amide bonds. The predicted molar refractivity (Wildman–Crippen MR) is 154 cm³/mol. The molecule has 0 saturated carbocycles. The van der Waals surface area contributed by atoms with Gasteiger partial charge in [-0.25, -0.2) is 12.8 Å². The summed E-state index contributed by atoms with van der Waals surface area (Å²) in [5, 5.41) is 2.66. The average Bonchev–Trinajstić information content (AvgIpc) is 2.94.